The molecule has 4 nitrogen and oxygen atoms in total. The maximum atomic E-state index is 12.4. The third-order valence-corrected chi connectivity index (χ3v) is 4.33. The summed E-state index contributed by atoms with van der Waals surface area (Å²) in [4.78, 5) is 17.2. The summed E-state index contributed by atoms with van der Waals surface area (Å²) < 4.78 is 1.82. The fourth-order valence-electron chi connectivity index (χ4n) is 2.31. The number of amides is 1. The summed E-state index contributed by atoms with van der Waals surface area (Å²) in [5.41, 5.74) is 11.6. The third-order valence-electron chi connectivity index (χ3n) is 3.31. The fraction of sp³-hybridized carbons (Fsp3) is 0.0667. The van der Waals surface area contributed by atoms with Crippen LogP contribution in [0.3, 0.4) is 0 Å². The van der Waals surface area contributed by atoms with E-state index >= 15 is 0 Å². The van der Waals surface area contributed by atoms with E-state index in [9.17, 15) is 4.79 Å². The van der Waals surface area contributed by atoms with Gasteiger partial charge in [0.15, 0.2) is 0 Å². The first-order valence-electron chi connectivity index (χ1n) is 6.18. The first kappa shape index (κ1) is 14.2. The molecule has 104 valence electrons. The van der Waals surface area contributed by atoms with Gasteiger partial charge in [0.25, 0.3) is 0 Å². The molecule has 0 aromatic heterocycles. The maximum absolute atomic E-state index is 12.4. The summed E-state index contributed by atoms with van der Waals surface area (Å²) in [6.45, 7) is 0.430. The van der Waals surface area contributed by atoms with Gasteiger partial charge in [0.05, 0.1) is 17.8 Å². The van der Waals surface area contributed by atoms with Crippen molar-refractivity contribution in [1.29, 1.82) is 0 Å². The van der Waals surface area contributed by atoms with Gasteiger partial charge in [-0.1, -0.05) is 44.0 Å². The lowest BCUT2D eigenvalue weighted by molar-refractivity contribution is -0.116. The zero-order chi connectivity index (χ0) is 15.0. The highest BCUT2D eigenvalue weighted by Gasteiger charge is 2.40. The van der Waals surface area contributed by atoms with Crippen molar-refractivity contribution in [3.05, 3.63) is 68.1 Å². The summed E-state index contributed by atoms with van der Waals surface area (Å²) in [6, 6.07) is 13.2. The van der Waals surface area contributed by atoms with Crippen LogP contribution in [0.4, 0.5) is 5.69 Å². The van der Waals surface area contributed by atoms with Crippen LogP contribution >= 0.6 is 31.9 Å². The van der Waals surface area contributed by atoms with Crippen molar-refractivity contribution in [3.63, 3.8) is 0 Å². The van der Waals surface area contributed by atoms with Crippen LogP contribution in [-0.4, -0.2) is 16.4 Å². The number of fused-ring (bicyclic) bond motifs is 1. The minimum absolute atomic E-state index is 0.0726. The van der Waals surface area contributed by atoms with Crippen molar-refractivity contribution in [3.8, 4) is 0 Å². The van der Waals surface area contributed by atoms with Gasteiger partial charge in [-0.25, -0.2) is 0 Å². The Balaban J connectivity index is 2.02. The van der Waals surface area contributed by atoms with Crippen molar-refractivity contribution < 1.29 is 9.58 Å². The molecule has 2 aromatic rings. The Morgan fingerprint density at radius 2 is 1.71 bits per heavy atom. The predicted octanol–water partition coefficient (Wildman–Crippen LogP) is 3.78. The quantitative estimate of drug-likeness (QED) is 0.553. The number of halogens is 2. The van der Waals surface area contributed by atoms with Crippen molar-refractivity contribution in [2.45, 2.75) is 6.54 Å². The van der Waals surface area contributed by atoms with Gasteiger partial charge in [-0.3, -0.25) is 9.69 Å². The summed E-state index contributed by atoms with van der Waals surface area (Å²) >= 11 is 6.75. The Hall–Kier alpha value is -1.75. The van der Waals surface area contributed by atoms with Crippen molar-refractivity contribution in [2.75, 3.05) is 4.90 Å². The predicted molar refractivity (Wildman–Crippen MR) is 87.2 cm³/mol. The highest BCUT2D eigenvalue weighted by Crippen LogP contribution is 2.32. The Morgan fingerprint density at radius 3 is 2.38 bits per heavy atom. The highest BCUT2D eigenvalue weighted by atomic mass is 79.9. The second kappa shape index (κ2) is 5.56. The fourth-order valence-corrected chi connectivity index (χ4v) is 2.94. The number of benzene rings is 2. The number of anilines is 1. The molecule has 0 saturated heterocycles. The molecule has 0 fully saturated rings. The average Bonchev–Trinajstić information content (AvgIpc) is 2.73. The molecular weight excluding hydrogens is 398 g/mol. The molecule has 1 amide bonds. The normalized spacial score (nSPS) is 13.3. The SMILES string of the molecule is [N-]=[N+]=C1C(=O)N(Cc2ccc(Br)cc2)c2ccc(Br)cc21. The molecule has 2 aromatic carbocycles. The largest absolute Gasteiger partial charge is 0.389 e. The van der Waals surface area contributed by atoms with Crippen molar-refractivity contribution >= 4 is 49.2 Å². The van der Waals surface area contributed by atoms with E-state index in [2.05, 4.69) is 36.6 Å². The van der Waals surface area contributed by atoms with Crippen LogP contribution in [0.5, 0.6) is 0 Å². The molecule has 1 aliphatic heterocycles. The highest BCUT2D eigenvalue weighted by molar-refractivity contribution is 9.10. The number of nitrogens with zero attached hydrogens (tertiary/aromatic N) is 3. The van der Waals surface area contributed by atoms with Gasteiger partial charge in [0.2, 0.25) is 0 Å². The van der Waals surface area contributed by atoms with Gasteiger partial charge >= 0.3 is 11.6 Å². The average molecular weight is 407 g/mol. The molecule has 0 N–H and O–H groups in total. The standard InChI is InChI=1S/C15H9Br2N3O/c16-10-3-1-9(2-4-10)8-20-13-6-5-11(17)7-12(13)14(19-18)15(20)21/h1-7H,8H2. The van der Waals surface area contributed by atoms with E-state index in [1.807, 2.05) is 36.4 Å². The summed E-state index contributed by atoms with van der Waals surface area (Å²) in [7, 11) is 0. The van der Waals surface area contributed by atoms with E-state index in [0.717, 1.165) is 20.2 Å². The molecule has 0 saturated carbocycles. The van der Waals surface area contributed by atoms with E-state index in [-0.39, 0.29) is 11.6 Å². The Labute approximate surface area is 138 Å². The molecule has 0 aliphatic carbocycles. The van der Waals surface area contributed by atoms with Gasteiger partial charge in [-0.2, -0.15) is 4.79 Å². The molecule has 3 rings (SSSR count). The minimum atomic E-state index is -0.298. The number of hydrogen-bond donors (Lipinski definition) is 0. The lowest BCUT2D eigenvalue weighted by Gasteiger charge is -2.16. The van der Waals surface area contributed by atoms with E-state index in [0.29, 0.717) is 12.1 Å². The van der Waals surface area contributed by atoms with Crippen LogP contribution in [0.2, 0.25) is 0 Å². The smallest absolute Gasteiger partial charge is 0.361 e. The van der Waals surface area contributed by atoms with Gasteiger partial charge in [0.1, 0.15) is 0 Å². The second-order valence-corrected chi connectivity index (χ2v) is 6.46. The van der Waals surface area contributed by atoms with Gasteiger partial charge < -0.3 is 5.53 Å². The molecule has 0 bridgehead atoms. The zero-order valence-electron chi connectivity index (χ0n) is 10.8. The zero-order valence-corrected chi connectivity index (χ0v) is 13.9. The first-order chi connectivity index (χ1) is 10.1. The van der Waals surface area contributed by atoms with Crippen LogP contribution in [0, 0.1) is 0 Å². The third kappa shape index (κ3) is 2.58. The van der Waals surface area contributed by atoms with E-state index < -0.39 is 0 Å². The first-order valence-corrected chi connectivity index (χ1v) is 7.77. The number of rotatable bonds is 2. The summed E-state index contributed by atoms with van der Waals surface area (Å²) in [6.07, 6.45) is 0. The lowest BCUT2D eigenvalue weighted by atomic mass is 10.1. The van der Waals surface area contributed by atoms with Gasteiger partial charge in [-0.05, 0) is 35.9 Å². The molecule has 1 aliphatic rings. The number of hydrogen-bond acceptors (Lipinski definition) is 1. The Morgan fingerprint density at radius 1 is 1.05 bits per heavy atom. The van der Waals surface area contributed by atoms with Crippen LogP contribution in [0.25, 0.3) is 5.53 Å². The summed E-state index contributed by atoms with van der Waals surface area (Å²) in [5.74, 6) is -0.298. The molecule has 0 unspecified atom stereocenters. The lowest BCUT2D eigenvalue weighted by Crippen LogP contribution is -2.29. The van der Waals surface area contributed by atoms with Crippen molar-refractivity contribution in [1.82, 2.24) is 0 Å². The summed E-state index contributed by atoms with van der Waals surface area (Å²) in [5, 5.41) is 0. The van der Waals surface area contributed by atoms with E-state index in [4.69, 9.17) is 5.53 Å². The molecule has 0 radical (unpaired) electrons. The topological polar surface area (TPSA) is 56.7 Å². The number of carbonyl (C=O) groups excluding carboxylic acids is 1. The van der Waals surface area contributed by atoms with Crippen LogP contribution in [-0.2, 0) is 11.3 Å². The second-order valence-electron chi connectivity index (χ2n) is 4.63. The van der Waals surface area contributed by atoms with Crippen LogP contribution in [0.1, 0.15) is 11.1 Å². The van der Waals surface area contributed by atoms with Crippen molar-refractivity contribution in [2.24, 2.45) is 0 Å². The Bertz CT molecular complexity index is 780. The maximum Gasteiger partial charge on any atom is 0.389 e. The molecule has 1 heterocycles. The molecule has 0 spiro atoms. The number of carbonyl (C=O) groups is 1. The van der Waals surface area contributed by atoms with E-state index in [1.54, 1.807) is 11.0 Å². The van der Waals surface area contributed by atoms with Crippen LogP contribution in [0.15, 0.2) is 51.4 Å². The van der Waals surface area contributed by atoms with E-state index in [1.165, 1.54) is 0 Å². The minimum Gasteiger partial charge on any atom is -0.361 e. The molecule has 21 heavy (non-hydrogen) atoms. The van der Waals surface area contributed by atoms with Crippen LogP contribution < -0.4 is 4.90 Å². The molecular formula is C15H9Br2N3O. The van der Waals surface area contributed by atoms with Gasteiger partial charge in [0, 0.05) is 8.95 Å². The molecule has 6 heteroatoms. The monoisotopic (exact) mass is 405 g/mol. The van der Waals surface area contributed by atoms with Gasteiger partial charge in [-0.15, -0.1) is 0 Å². The Kier molecular flexibility index (Phi) is 3.76. The molecule has 0 atom stereocenters.